The third-order valence-corrected chi connectivity index (χ3v) is 6.02. The molecule has 9 heteroatoms. The number of sulfonamides is 1. The molecule has 0 unspecified atom stereocenters. The summed E-state index contributed by atoms with van der Waals surface area (Å²) in [5.41, 5.74) is 0.635. The van der Waals surface area contributed by atoms with Crippen molar-refractivity contribution in [3.05, 3.63) is 41.8 Å². The Morgan fingerprint density at radius 1 is 1.25 bits per heavy atom. The van der Waals surface area contributed by atoms with Gasteiger partial charge in [0.15, 0.2) is 0 Å². The smallest absolute Gasteiger partial charge is 0.243 e. The highest BCUT2D eigenvalue weighted by atomic mass is 32.2. The predicted octanol–water partition coefficient (Wildman–Crippen LogP) is 2.90. The number of hydrogen-bond donors (Lipinski definition) is 1. The molecule has 2 aromatic rings. The molecule has 0 aliphatic rings. The fourth-order valence-corrected chi connectivity index (χ4v) is 4.07. The Labute approximate surface area is 165 Å². The van der Waals surface area contributed by atoms with Crippen molar-refractivity contribution in [3.63, 3.8) is 0 Å². The second-order valence-corrected chi connectivity index (χ2v) is 9.57. The van der Waals surface area contributed by atoms with Crippen molar-refractivity contribution in [2.24, 2.45) is 7.05 Å². The molecule has 1 amide bonds. The first kappa shape index (κ1) is 22.0. The molecule has 1 heterocycles. The van der Waals surface area contributed by atoms with Crippen molar-refractivity contribution < 1.29 is 17.6 Å². The topological polar surface area (TPSA) is 84.3 Å². The summed E-state index contributed by atoms with van der Waals surface area (Å²) in [4.78, 5) is 12.5. The zero-order chi connectivity index (χ0) is 21.1. The van der Waals surface area contributed by atoms with Gasteiger partial charge in [-0.2, -0.15) is 9.40 Å². The van der Waals surface area contributed by atoms with Crippen LogP contribution in [-0.2, 0) is 27.3 Å². The summed E-state index contributed by atoms with van der Waals surface area (Å²) in [6.07, 6.45) is 0.535. The van der Waals surface area contributed by atoms with Crippen LogP contribution in [0.25, 0.3) is 0 Å². The van der Waals surface area contributed by atoms with Crippen LogP contribution in [0, 0.1) is 5.82 Å². The minimum Gasteiger partial charge on any atom is -0.310 e. The maximum absolute atomic E-state index is 13.1. The molecular weight excluding hydrogens is 383 g/mol. The molecule has 0 radical (unpaired) electrons. The molecular formula is C19H27FN4O3S. The molecule has 1 N–H and O–H groups in total. The predicted molar refractivity (Wildman–Crippen MR) is 106 cm³/mol. The molecule has 2 rings (SSSR count). The number of benzene rings is 1. The van der Waals surface area contributed by atoms with Crippen LogP contribution in [0.15, 0.2) is 35.2 Å². The standard InChI is InChI=1S/C19H27FN4O3S/c1-6-11-24(28(26,27)15-9-7-14(20)8-10-15)13-18(25)21-17-12-16(19(2,3)4)22-23(17)5/h7-10,12H,6,11,13H2,1-5H3,(H,21,25). The zero-order valence-electron chi connectivity index (χ0n) is 16.9. The van der Waals surface area contributed by atoms with E-state index in [0.29, 0.717) is 12.2 Å². The quantitative estimate of drug-likeness (QED) is 0.761. The molecule has 0 aliphatic carbocycles. The van der Waals surface area contributed by atoms with Crippen molar-refractivity contribution in [2.75, 3.05) is 18.4 Å². The zero-order valence-corrected chi connectivity index (χ0v) is 17.7. The summed E-state index contributed by atoms with van der Waals surface area (Å²) in [7, 11) is -2.20. The van der Waals surface area contributed by atoms with E-state index in [9.17, 15) is 17.6 Å². The van der Waals surface area contributed by atoms with Crippen molar-refractivity contribution in [1.29, 1.82) is 0 Å². The summed E-state index contributed by atoms with van der Waals surface area (Å²) >= 11 is 0. The maximum atomic E-state index is 13.1. The highest BCUT2D eigenvalue weighted by molar-refractivity contribution is 7.89. The lowest BCUT2D eigenvalue weighted by atomic mass is 9.92. The monoisotopic (exact) mass is 410 g/mol. The third kappa shape index (κ3) is 5.17. The van der Waals surface area contributed by atoms with Crippen LogP contribution in [0.4, 0.5) is 10.2 Å². The van der Waals surface area contributed by atoms with Gasteiger partial charge in [-0.15, -0.1) is 0 Å². The molecule has 0 saturated heterocycles. The third-order valence-electron chi connectivity index (χ3n) is 4.16. The van der Waals surface area contributed by atoms with E-state index < -0.39 is 21.7 Å². The van der Waals surface area contributed by atoms with Crippen LogP contribution in [0.3, 0.4) is 0 Å². The Hall–Kier alpha value is -2.26. The van der Waals surface area contributed by atoms with E-state index in [1.807, 2.05) is 27.7 Å². The summed E-state index contributed by atoms with van der Waals surface area (Å²) in [6.45, 7) is 7.69. The Morgan fingerprint density at radius 2 is 1.86 bits per heavy atom. The minimum absolute atomic E-state index is 0.0503. The summed E-state index contributed by atoms with van der Waals surface area (Å²) in [5.74, 6) is -0.502. The molecule has 0 aliphatic heterocycles. The molecule has 1 aromatic carbocycles. The number of nitrogens with zero attached hydrogens (tertiary/aromatic N) is 3. The van der Waals surface area contributed by atoms with Gasteiger partial charge >= 0.3 is 0 Å². The lowest BCUT2D eigenvalue weighted by Gasteiger charge is -2.21. The molecule has 1 aromatic heterocycles. The lowest BCUT2D eigenvalue weighted by Crippen LogP contribution is -2.38. The maximum Gasteiger partial charge on any atom is 0.243 e. The SMILES string of the molecule is CCCN(CC(=O)Nc1cc(C(C)(C)C)nn1C)S(=O)(=O)c1ccc(F)cc1. The normalized spacial score (nSPS) is 12.4. The van der Waals surface area contributed by atoms with E-state index in [-0.39, 0.29) is 23.4 Å². The summed E-state index contributed by atoms with van der Waals surface area (Å²) in [6, 6.07) is 6.34. The number of hydrogen-bond acceptors (Lipinski definition) is 4. The number of halogens is 1. The van der Waals surface area contributed by atoms with Gasteiger partial charge in [-0.3, -0.25) is 9.48 Å². The number of aryl methyl sites for hydroxylation is 1. The van der Waals surface area contributed by atoms with Crippen LogP contribution in [0.2, 0.25) is 0 Å². The Morgan fingerprint density at radius 3 is 2.36 bits per heavy atom. The number of anilines is 1. The number of rotatable bonds is 7. The highest BCUT2D eigenvalue weighted by Gasteiger charge is 2.27. The number of nitrogens with one attached hydrogen (secondary N) is 1. The van der Waals surface area contributed by atoms with Crippen molar-refractivity contribution in [3.8, 4) is 0 Å². The van der Waals surface area contributed by atoms with E-state index in [0.717, 1.165) is 22.1 Å². The molecule has 154 valence electrons. The first-order valence-electron chi connectivity index (χ1n) is 9.05. The van der Waals surface area contributed by atoms with Gasteiger partial charge in [-0.05, 0) is 30.7 Å². The fraction of sp³-hybridized carbons (Fsp3) is 0.474. The van der Waals surface area contributed by atoms with Gasteiger partial charge in [0.05, 0.1) is 17.1 Å². The second-order valence-electron chi connectivity index (χ2n) is 7.63. The van der Waals surface area contributed by atoms with Gasteiger partial charge in [0.25, 0.3) is 0 Å². The van der Waals surface area contributed by atoms with E-state index in [1.165, 1.54) is 12.1 Å². The molecule has 0 bridgehead atoms. The Kier molecular flexibility index (Phi) is 6.61. The van der Waals surface area contributed by atoms with Crippen LogP contribution in [0.5, 0.6) is 0 Å². The number of aromatic nitrogens is 2. The average Bonchev–Trinajstić information content (AvgIpc) is 2.96. The van der Waals surface area contributed by atoms with Crippen molar-refractivity contribution in [1.82, 2.24) is 14.1 Å². The summed E-state index contributed by atoms with van der Waals surface area (Å²) < 4.78 is 41.4. The lowest BCUT2D eigenvalue weighted by molar-refractivity contribution is -0.116. The van der Waals surface area contributed by atoms with Crippen LogP contribution in [-0.4, -0.2) is 41.5 Å². The van der Waals surface area contributed by atoms with E-state index in [1.54, 1.807) is 17.8 Å². The molecule has 7 nitrogen and oxygen atoms in total. The van der Waals surface area contributed by atoms with Crippen LogP contribution >= 0.6 is 0 Å². The average molecular weight is 411 g/mol. The molecule has 0 atom stereocenters. The van der Waals surface area contributed by atoms with Gasteiger partial charge < -0.3 is 5.32 Å². The van der Waals surface area contributed by atoms with Crippen molar-refractivity contribution in [2.45, 2.75) is 44.4 Å². The number of amides is 1. The first-order chi connectivity index (χ1) is 12.9. The van der Waals surface area contributed by atoms with E-state index in [2.05, 4.69) is 10.4 Å². The van der Waals surface area contributed by atoms with Crippen LogP contribution < -0.4 is 5.32 Å². The second kappa shape index (κ2) is 8.40. The van der Waals surface area contributed by atoms with Crippen molar-refractivity contribution >= 4 is 21.7 Å². The van der Waals surface area contributed by atoms with Gasteiger partial charge in [-0.1, -0.05) is 27.7 Å². The fourth-order valence-electron chi connectivity index (χ4n) is 2.58. The molecule has 28 heavy (non-hydrogen) atoms. The number of carbonyl (C=O) groups is 1. The summed E-state index contributed by atoms with van der Waals surface area (Å²) in [5, 5.41) is 7.11. The van der Waals surface area contributed by atoms with Gasteiger partial charge in [0.1, 0.15) is 11.6 Å². The molecule has 0 spiro atoms. The molecule has 0 saturated carbocycles. The first-order valence-corrected chi connectivity index (χ1v) is 10.5. The van der Waals surface area contributed by atoms with E-state index in [4.69, 9.17) is 0 Å². The van der Waals surface area contributed by atoms with E-state index >= 15 is 0 Å². The van der Waals surface area contributed by atoms with Gasteiger partial charge in [0, 0.05) is 25.1 Å². The Bertz CT molecular complexity index is 931. The highest BCUT2D eigenvalue weighted by Crippen LogP contribution is 2.23. The van der Waals surface area contributed by atoms with Crippen LogP contribution in [0.1, 0.15) is 39.8 Å². The molecule has 0 fully saturated rings. The Balaban J connectivity index is 2.19. The number of carbonyl (C=O) groups excluding carboxylic acids is 1. The largest absolute Gasteiger partial charge is 0.310 e. The van der Waals surface area contributed by atoms with Gasteiger partial charge in [0.2, 0.25) is 15.9 Å². The van der Waals surface area contributed by atoms with Gasteiger partial charge in [-0.25, -0.2) is 12.8 Å². The minimum atomic E-state index is -3.91.